The summed E-state index contributed by atoms with van der Waals surface area (Å²) < 4.78 is 21.3. The first-order valence-corrected chi connectivity index (χ1v) is 9.50. The second kappa shape index (κ2) is 8.24. The maximum atomic E-state index is 13.8. The van der Waals surface area contributed by atoms with Crippen molar-refractivity contribution in [1.29, 1.82) is 0 Å². The number of rotatable bonds is 5. The van der Waals surface area contributed by atoms with Crippen LogP contribution in [0.1, 0.15) is 22.5 Å². The zero-order chi connectivity index (χ0) is 21.1. The van der Waals surface area contributed by atoms with Gasteiger partial charge in [0.2, 0.25) is 5.91 Å². The van der Waals surface area contributed by atoms with E-state index in [1.807, 2.05) is 35.9 Å². The highest BCUT2D eigenvalue weighted by Gasteiger charge is 2.15. The molecule has 0 aliphatic rings. The number of furan rings is 1. The summed E-state index contributed by atoms with van der Waals surface area (Å²) in [7, 11) is 1.86. The summed E-state index contributed by atoms with van der Waals surface area (Å²) in [6.07, 6.45) is 2.16. The van der Waals surface area contributed by atoms with Crippen molar-refractivity contribution in [2.24, 2.45) is 7.05 Å². The highest BCUT2D eigenvalue weighted by molar-refractivity contribution is 6.07. The van der Waals surface area contributed by atoms with E-state index in [0.29, 0.717) is 29.1 Å². The fraction of sp³-hybridized carbons (Fsp3) is 0.130. The summed E-state index contributed by atoms with van der Waals surface area (Å²) in [6, 6.07) is 17.3. The van der Waals surface area contributed by atoms with Crippen molar-refractivity contribution in [3.8, 4) is 11.3 Å². The summed E-state index contributed by atoms with van der Waals surface area (Å²) >= 11 is 0. The number of carbonyl (C=O) groups excluding carboxylic acids is 2. The summed E-state index contributed by atoms with van der Waals surface area (Å²) in [4.78, 5) is 24.6. The Balaban J connectivity index is 1.32. The summed E-state index contributed by atoms with van der Waals surface area (Å²) in [6.45, 7) is 0. The Hall–Kier alpha value is -3.87. The van der Waals surface area contributed by atoms with Crippen molar-refractivity contribution in [2.45, 2.75) is 12.8 Å². The lowest BCUT2D eigenvalue weighted by atomic mass is 10.1. The molecule has 0 saturated carbocycles. The first-order chi connectivity index (χ1) is 14.5. The number of para-hydroxylation sites is 1. The molecule has 0 spiro atoms. The van der Waals surface area contributed by atoms with Gasteiger partial charge in [-0.1, -0.05) is 30.3 Å². The molecule has 0 aliphatic carbocycles. The Labute approximate surface area is 172 Å². The third-order valence-electron chi connectivity index (χ3n) is 4.86. The second-order valence-corrected chi connectivity index (χ2v) is 6.92. The van der Waals surface area contributed by atoms with E-state index in [1.54, 1.807) is 36.5 Å². The molecule has 0 aliphatic heterocycles. The number of nitrogens with zero attached hydrogens (tertiary/aromatic N) is 1. The molecule has 7 heteroatoms. The highest BCUT2D eigenvalue weighted by Crippen LogP contribution is 2.25. The minimum Gasteiger partial charge on any atom is -0.461 e. The SMILES string of the molecule is Cn1cc(C(=O)NNC(=O)CCc2ccc(-c3ccccc3F)o2)c2ccccc21. The van der Waals surface area contributed by atoms with Crippen molar-refractivity contribution >= 4 is 22.7 Å². The van der Waals surface area contributed by atoms with Crippen LogP contribution in [0.3, 0.4) is 0 Å². The quantitative estimate of drug-likeness (QED) is 0.493. The number of hydrogen-bond acceptors (Lipinski definition) is 3. The zero-order valence-corrected chi connectivity index (χ0v) is 16.3. The largest absolute Gasteiger partial charge is 0.461 e. The van der Waals surface area contributed by atoms with E-state index >= 15 is 0 Å². The van der Waals surface area contributed by atoms with Gasteiger partial charge in [0.25, 0.3) is 5.91 Å². The van der Waals surface area contributed by atoms with Gasteiger partial charge < -0.3 is 8.98 Å². The molecule has 4 rings (SSSR count). The smallest absolute Gasteiger partial charge is 0.271 e. The van der Waals surface area contributed by atoms with Crippen molar-refractivity contribution in [3.63, 3.8) is 0 Å². The van der Waals surface area contributed by atoms with Gasteiger partial charge in [-0.25, -0.2) is 4.39 Å². The van der Waals surface area contributed by atoms with Crippen LogP contribution in [0.2, 0.25) is 0 Å². The normalized spacial score (nSPS) is 10.9. The Morgan fingerprint density at radius 1 is 1.00 bits per heavy atom. The van der Waals surface area contributed by atoms with Crippen LogP contribution in [-0.2, 0) is 18.3 Å². The van der Waals surface area contributed by atoms with E-state index in [1.165, 1.54) is 6.07 Å². The van der Waals surface area contributed by atoms with E-state index < -0.39 is 0 Å². The van der Waals surface area contributed by atoms with Crippen LogP contribution in [0.5, 0.6) is 0 Å². The van der Waals surface area contributed by atoms with Gasteiger partial charge in [0.05, 0.1) is 11.1 Å². The first kappa shape index (κ1) is 19.4. The van der Waals surface area contributed by atoms with Crippen LogP contribution in [-0.4, -0.2) is 16.4 Å². The molecule has 2 aromatic heterocycles. The summed E-state index contributed by atoms with van der Waals surface area (Å²) in [5.41, 5.74) is 6.65. The number of benzene rings is 2. The maximum Gasteiger partial charge on any atom is 0.271 e. The molecule has 0 atom stereocenters. The Morgan fingerprint density at radius 3 is 2.60 bits per heavy atom. The molecular formula is C23H20FN3O3. The lowest BCUT2D eigenvalue weighted by Crippen LogP contribution is -2.41. The van der Waals surface area contributed by atoms with Crippen LogP contribution in [0.4, 0.5) is 4.39 Å². The number of nitrogens with one attached hydrogen (secondary N) is 2. The molecule has 0 radical (unpaired) electrons. The van der Waals surface area contributed by atoms with Gasteiger partial charge in [-0.15, -0.1) is 0 Å². The zero-order valence-electron chi connectivity index (χ0n) is 16.3. The molecule has 0 fully saturated rings. The van der Waals surface area contributed by atoms with E-state index in [2.05, 4.69) is 10.9 Å². The molecule has 2 N–H and O–H groups in total. The van der Waals surface area contributed by atoms with Crippen molar-refractivity contribution < 1.29 is 18.4 Å². The van der Waals surface area contributed by atoms with E-state index in [-0.39, 0.29) is 24.1 Å². The molecule has 2 aromatic carbocycles. The summed E-state index contributed by atoms with van der Waals surface area (Å²) in [5.74, 6) is -0.142. The minimum atomic E-state index is -0.389. The lowest BCUT2D eigenvalue weighted by molar-refractivity contribution is -0.121. The third-order valence-corrected chi connectivity index (χ3v) is 4.86. The maximum absolute atomic E-state index is 13.8. The average Bonchev–Trinajstić information content (AvgIpc) is 3.36. The van der Waals surface area contributed by atoms with Gasteiger partial charge in [0.1, 0.15) is 17.3 Å². The van der Waals surface area contributed by atoms with Gasteiger partial charge in [-0.2, -0.15) is 0 Å². The molecule has 0 saturated heterocycles. The van der Waals surface area contributed by atoms with E-state index in [4.69, 9.17) is 4.42 Å². The van der Waals surface area contributed by atoms with Crippen molar-refractivity contribution in [1.82, 2.24) is 15.4 Å². The Bertz CT molecular complexity index is 1230. The van der Waals surface area contributed by atoms with Crippen molar-refractivity contribution in [2.75, 3.05) is 0 Å². The van der Waals surface area contributed by atoms with E-state index in [9.17, 15) is 14.0 Å². The standard InChI is InChI=1S/C23H20FN3O3/c1-27-14-18(16-6-3-5-9-20(16)27)23(29)26-25-22(28)13-11-15-10-12-21(30-15)17-7-2-4-8-19(17)24/h2-10,12,14H,11,13H2,1H3,(H,25,28)(H,26,29). The Kier molecular flexibility index (Phi) is 5.34. The molecule has 0 bridgehead atoms. The lowest BCUT2D eigenvalue weighted by Gasteiger charge is -2.06. The fourth-order valence-electron chi connectivity index (χ4n) is 3.33. The van der Waals surface area contributed by atoms with E-state index in [0.717, 1.165) is 10.9 Å². The average molecular weight is 405 g/mol. The summed E-state index contributed by atoms with van der Waals surface area (Å²) in [5, 5.41) is 0.808. The predicted octanol–water partition coefficient (Wildman–Crippen LogP) is 3.97. The molecule has 152 valence electrons. The molecule has 6 nitrogen and oxygen atoms in total. The molecule has 4 aromatic rings. The van der Waals surface area contributed by atoms with Crippen molar-refractivity contribution in [3.05, 3.63) is 84.0 Å². The number of hydrogen-bond donors (Lipinski definition) is 2. The molecule has 2 heterocycles. The molecule has 30 heavy (non-hydrogen) atoms. The second-order valence-electron chi connectivity index (χ2n) is 6.92. The number of hydrazine groups is 1. The third kappa shape index (κ3) is 3.96. The number of halogens is 1. The van der Waals surface area contributed by atoms with Gasteiger partial charge in [-0.3, -0.25) is 20.4 Å². The number of aryl methyl sites for hydroxylation is 2. The van der Waals surface area contributed by atoms with Gasteiger partial charge in [-0.05, 0) is 30.3 Å². The van der Waals surface area contributed by atoms with Crippen LogP contribution in [0, 0.1) is 5.82 Å². The molecule has 2 amide bonds. The number of amides is 2. The fourth-order valence-corrected chi connectivity index (χ4v) is 3.33. The van der Waals surface area contributed by atoms with Gasteiger partial charge >= 0.3 is 0 Å². The molecular weight excluding hydrogens is 385 g/mol. The van der Waals surface area contributed by atoms with Crippen LogP contribution < -0.4 is 10.9 Å². The Morgan fingerprint density at radius 2 is 1.77 bits per heavy atom. The minimum absolute atomic E-state index is 0.111. The number of fused-ring (bicyclic) bond motifs is 1. The topological polar surface area (TPSA) is 76.3 Å². The number of carbonyl (C=O) groups is 2. The van der Waals surface area contributed by atoms with Crippen LogP contribution in [0.15, 0.2) is 71.3 Å². The van der Waals surface area contributed by atoms with Gasteiger partial charge in [0, 0.05) is 37.0 Å². The first-order valence-electron chi connectivity index (χ1n) is 9.50. The highest BCUT2D eigenvalue weighted by atomic mass is 19.1. The number of aromatic nitrogens is 1. The monoisotopic (exact) mass is 405 g/mol. The predicted molar refractivity (Wildman–Crippen MR) is 111 cm³/mol. The molecule has 0 unspecified atom stereocenters. The van der Waals surface area contributed by atoms with Crippen LogP contribution in [0.25, 0.3) is 22.2 Å². The van der Waals surface area contributed by atoms with Crippen LogP contribution >= 0.6 is 0 Å². The van der Waals surface area contributed by atoms with Gasteiger partial charge in [0.15, 0.2) is 0 Å².